The molecule has 3 aromatic rings. The van der Waals surface area contributed by atoms with E-state index in [0.717, 1.165) is 37.2 Å². The summed E-state index contributed by atoms with van der Waals surface area (Å²) in [5, 5.41) is 26.6. The number of carboxylic acid groups (broad SMARTS) is 1. The Morgan fingerprint density at radius 2 is 2.14 bits per heavy atom. The van der Waals surface area contributed by atoms with Gasteiger partial charge in [0.2, 0.25) is 0 Å². The third kappa shape index (κ3) is 6.30. The van der Waals surface area contributed by atoms with Crippen molar-refractivity contribution in [2.75, 3.05) is 32.5 Å². The quantitative estimate of drug-likeness (QED) is 0.226. The maximum Gasteiger partial charge on any atom is 0.309 e. The number of aliphatic carboxylic acids is 1. The van der Waals surface area contributed by atoms with Crippen LogP contribution in [0.4, 0.5) is 0 Å². The molecule has 4 rings (SSSR count). The van der Waals surface area contributed by atoms with E-state index in [1.807, 2.05) is 30.0 Å². The van der Waals surface area contributed by atoms with E-state index in [1.165, 1.54) is 11.1 Å². The molecule has 6 nitrogen and oxygen atoms in total. The Balaban J connectivity index is 1.35. The highest BCUT2D eigenvalue weighted by Gasteiger charge is 2.41. The first-order chi connectivity index (χ1) is 16.9. The Labute approximate surface area is 219 Å². The summed E-state index contributed by atoms with van der Waals surface area (Å²) < 4.78 is 5.33. The molecule has 35 heavy (non-hydrogen) atoms. The van der Waals surface area contributed by atoms with Gasteiger partial charge in [-0.3, -0.25) is 9.78 Å². The lowest BCUT2D eigenvalue weighted by atomic mass is 9.74. The molecule has 1 fully saturated rings. The number of aliphatic hydroxyl groups excluding tert-OH is 1. The van der Waals surface area contributed by atoms with Crippen LogP contribution in [0.5, 0.6) is 5.75 Å². The van der Waals surface area contributed by atoms with Crippen LogP contribution in [0.15, 0.2) is 46.1 Å². The number of fused-ring (bicyclic) bond motifs is 1. The lowest BCUT2D eigenvalue weighted by Gasteiger charge is -2.39. The molecular formula is C26H31ClN2O4S2. The fraction of sp³-hybridized carbons (Fsp3) is 0.462. The van der Waals surface area contributed by atoms with E-state index in [-0.39, 0.29) is 0 Å². The summed E-state index contributed by atoms with van der Waals surface area (Å²) in [4.78, 5) is 20.4. The third-order valence-corrected chi connectivity index (χ3v) is 9.16. The van der Waals surface area contributed by atoms with Gasteiger partial charge in [-0.1, -0.05) is 11.6 Å². The Kier molecular flexibility index (Phi) is 8.94. The number of benzene rings is 1. The van der Waals surface area contributed by atoms with Crippen molar-refractivity contribution in [3.8, 4) is 5.75 Å². The molecule has 3 heterocycles. The first-order valence-electron chi connectivity index (χ1n) is 11.8. The molecule has 1 aliphatic rings. The van der Waals surface area contributed by atoms with Crippen molar-refractivity contribution in [3.63, 3.8) is 0 Å². The molecule has 1 aliphatic heterocycles. The molecule has 1 saturated heterocycles. The number of methoxy groups -OCH3 is 1. The van der Waals surface area contributed by atoms with Gasteiger partial charge < -0.3 is 19.8 Å². The molecular weight excluding hydrogens is 504 g/mol. The minimum absolute atomic E-state index is 0.319. The van der Waals surface area contributed by atoms with E-state index in [0.29, 0.717) is 47.5 Å². The van der Waals surface area contributed by atoms with E-state index < -0.39 is 17.5 Å². The highest BCUT2D eigenvalue weighted by molar-refractivity contribution is 7.99. The number of ether oxygens (including phenoxy) is 1. The van der Waals surface area contributed by atoms with E-state index in [4.69, 9.17) is 16.3 Å². The van der Waals surface area contributed by atoms with Gasteiger partial charge in [-0.2, -0.15) is 11.3 Å². The van der Waals surface area contributed by atoms with E-state index in [2.05, 4.69) is 26.7 Å². The molecule has 0 saturated carbocycles. The number of hydrogen-bond donors (Lipinski definition) is 2. The summed E-state index contributed by atoms with van der Waals surface area (Å²) in [6.07, 6.45) is 3.63. The van der Waals surface area contributed by atoms with E-state index >= 15 is 0 Å². The number of nitrogens with zero attached hydrogens (tertiary/aromatic N) is 2. The number of aromatic nitrogens is 1. The van der Waals surface area contributed by atoms with Crippen LogP contribution in [0.1, 0.15) is 43.8 Å². The molecule has 1 aromatic carbocycles. The number of thiophene rings is 1. The molecule has 9 heteroatoms. The van der Waals surface area contributed by atoms with Crippen LogP contribution in [0.25, 0.3) is 10.9 Å². The van der Waals surface area contributed by atoms with E-state index in [1.54, 1.807) is 18.4 Å². The van der Waals surface area contributed by atoms with Crippen LogP contribution >= 0.6 is 34.7 Å². The minimum Gasteiger partial charge on any atom is -0.497 e. The number of piperidine rings is 1. The minimum atomic E-state index is -0.886. The van der Waals surface area contributed by atoms with Gasteiger partial charge in [0.05, 0.1) is 29.2 Å². The summed E-state index contributed by atoms with van der Waals surface area (Å²) in [6.45, 7) is 2.51. The zero-order valence-corrected chi connectivity index (χ0v) is 22.2. The van der Waals surface area contributed by atoms with Crippen LogP contribution in [-0.4, -0.2) is 58.6 Å². The summed E-state index contributed by atoms with van der Waals surface area (Å²) in [5.74, 6) is 0.942. The number of thioether (sulfide) groups is 1. The number of rotatable bonds is 11. The maximum atomic E-state index is 12.3. The summed E-state index contributed by atoms with van der Waals surface area (Å²) >= 11 is 10.0. The van der Waals surface area contributed by atoms with Crippen molar-refractivity contribution in [1.29, 1.82) is 0 Å². The molecule has 1 atom stereocenters. The predicted octanol–water partition coefficient (Wildman–Crippen LogP) is 6.12. The van der Waals surface area contributed by atoms with Gasteiger partial charge >= 0.3 is 5.97 Å². The lowest BCUT2D eigenvalue weighted by molar-refractivity contribution is -0.153. The van der Waals surface area contributed by atoms with Crippen molar-refractivity contribution in [3.05, 3.63) is 51.8 Å². The van der Waals surface area contributed by atoms with Gasteiger partial charge in [0, 0.05) is 27.4 Å². The Hall–Kier alpha value is -1.84. The normalized spacial score (nSPS) is 16.9. The van der Waals surface area contributed by atoms with Gasteiger partial charge in [-0.05, 0) is 87.1 Å². The second kappa shape index (κ2) is 11.9. The first-order valence-corrected chi connectivity index (χ1v) is 14.1. The monoisotopic (exact) mass is 534 g/mol. The van der Waals surface area contributed by atoms with Gasteiger partial charge in [0.1, 0.15) is 5.75 Å². The topological polar surface area (TPSA) is 82.9 Å². The number of pyridine rings is 1. The number of likely N-dealkylation sites (tertiary alicyclic amines) is 1. The smallest absolute Gasteiger partial charge is 0.309 e. The Morgan fingerprint density at radius 1 is 1.34 bits per heavy atom. The largest absolute Gasteiger partial charge is 0.497 e. The fourth-order valence-electron chi connectivity index (χ4n) is 4.78. The molecule has 0 aliphatic carbocycles. The second-order valence-electron chi connectivity index (χ2n) is 9.05. The maximum absolute atomic E-state index is 12.3. The second-order valence-corrected chi connectivity index (χ2v) is 11.4. The lowest BCUT2D eigenvalue weighted by Crippen LogP contribution is -2.44. The van der Waals surface area contributed by atoms with Crippen LogP contribution in [-0.2, 0) is 4.79 Å². The molecule has 2 N–H and O–H groups in total. The summed E-state index contributed by atoms with van der Waals surface area (Å²) in [7, 11) is 1.58. The van der Waals surface area contributed by atoms with Crippen LogP contribution in [0, 0.1) is 5.41 Å². The number of halogens is 1. The molecule has 0 amide bonds. The van der Waals surface area contributed by atoms with Gasteiger partial charge in [-0.15, -0.1) is 11.8 Å². The highest BCUT2D eigenvalue weighted by Crippen LogP contribution is 2.41. The molecule has 0 bridgehead atoms. The zero-order valence-electron chi connectivity index (χ0n) is 19.8. The summed E-state index contributed by atoms with van der Waals surface area (Å²) in [6, 6.07) is 7.60. The third-order valence-electron chi connectivity index (χ3n) is 6.95. The molecule has 0 radical (unpaired) electrons. The standard InChI is InChI=1S/C26H31ClN2O4S2/c1-33-18-3-4-22-20(15-18)24(21(27)16-28-22)23(30)5-7-26(25(31)32)8-11-29(12-9-26)10-2-13-35-19-6-14-34-17-19/h3-4,6,14-17,23,30H,2,5,7-13H2,1H3,(H,31,32)/t23-/m0/s1. The van der Waals surface area contributed by atoms with Gasteiger partial charge in [0.25, 0.3) is 0 Å². The van der Waals surface area contributed by atoms with Crippen LogP contribution in [0.2, 0.25) is 5.02 Å². The van der Waals surface area contributed by atoms with Crippen LogP contribution in [0.3, 0.4) is 0 Å². The van der Waals surface area contributed by atoms with Crippen molar-refractivity contribution in [1.82, 2.24) is 9.88 Å². The molecule has 2 aromatic heterocycles. The van der Waals surface area contributed by atoms with Gasteiger partial charge in [0.15, 0.2) is 0 Å². The average Bonchev–Trinajstić information content (AvgIpc) is 3.39. The molecule has 188 valence electrons. The SMILES string of the molecule is COc1ccc2ncc(Cl)c([C@@H](O)CCC3(C(=O)O)CCN(CCCSc4ccsc4)CC3)c2c1. The number of aliphatic hydroxyl groups is 1. The Bertz CT molecular complexity index is 1130. The van der Waals surface area contributed by atoms with Crippen molar-refractivity contribution in [2.45, 2.75) is 43.1 Å². The Morgan fingerprint density at radius 3 is 2.83 bits per heavy atom. The number of carboxylic acids is 1. The van der Waals surface area contributed by atoms with Gasteiger partial charge in [-0.25, -0.2) is 0 Å². The van der Waals surface area contributed by atoms with Crippen molar-refractivity contribution in [2.24, 2.45) is 5.41 Å². The fourth-order valence-corrected chi connectivity index (χ4v) is 6.77. The van der Waals surface area contributed by atoms with Crippen LogP contribution < -0.4 is 4.74 Å². The molecule has 0 unspecified atom stereocenters. The molecule has 0 spiro atoms. The number of hydrogen-bond acceptors (Lipinski definition) is 7. The average molecular weight is 535 g/mol. The van der Waals surface area contributed by atoms with E-state index in [9.17, 15) is 15.0 Å². The summed E-state index contributed by atoms with van der Waals surface area (Å²) in [5.41, 5.74) is 0.468. The zero-order chi connectivity index (χ0) is 24.8. The van der Waals surface area contributed by atoms with Crippen molar-refractivity contribution >= 4 is 51.6 Å². The predicted molar refractivity (Wildman–Crippen MR) is 143 cm³/mol. The van der Waals surface area contributed by atoms with Crippen molar-refractivity contribution < 1.29 is 19.7 Å². The first kappa shape index (κ1) is 26.2. The highest BCUT2D eigenvalue weighted by atomic mass is 35.5. The number of carbonyl (C=O) groups is 1.